The molecule has 0 amide bonds. The van der Waals surface area contributed by atoms with Crippen molar-refractivity contribution in [3.05, 3.63) is 168 Å². The fraction of sp³-hybridized carbons (Fsp3) is 0.0870. The van der Waals surface area contributed by atoms with Gasteiger partial charge in [-0.3, -0.25) is 0 Å². The lowest BCUT2D eigenvalue weighted by Gasteiger charge is -2.22. The molecule has 0 saturated heterocycles. The number of hydrogen-bond acceptors (Lipinski definition) is 0. The van der Waals surface area contributed by atoms with Crippen molar-refractivity contribution in [3.63, 3.8) is 0 Å². The number of hydrogen-bond donors (Lipinski definition) is 0. The Labute approximate surface area is 271 Å². The highest BCUT2D eigenvalue weighted by molar-refractivity contribution is 6.23. The molecule has 0 unspecified atom stereocenters. The molecule has 0 aliphatic rings. The fourth-order valence-corrected chi connectivity index (χ4v) is 7.11. The van der Waals surface area contributed by atoms with Crippen LogP contribution in [0.15, 0.2) is 146 Å². The lowest BCUT2D eigenvalue weighted by molar-refractivity contribution is 1.36. The van der Waals surface area contributed by atoms with Gasteiger partial charge in [0.2, 0.25) is 0 Å². The summed E-state index contributed by atoms with van der Waals surface area (Å²) in [6.07, 6.45) is 0. The van der Waals surface area contributed by atoms with Crippen LogP contribution in [0, 0.1) is 27.7 Å². The van der Waals surface area contributed by atoms with Crippen LogP contribution >= 0.6 is 0 Å². The molecule has 0 aromatic heterocycles. The van der Waals surface area contributed by atoms with Crippen molar-refractivity contribution in [1.29, 1.82) is 0 Å². The SMILES string of the molecule is Cc1cc2c(-c3ccc(-c4ccccc4)cc3)c3cc(C)c(C)cc3c(-c3cc4ccccc4cc3-c3ccccc3)c2cc1C. The molecule has 8 aromatic rings. The third-order valence-corrected chi connectivity index (χ3v) is 9.87. The lowest BCUT2D eigenvalue weighted by Crippen LogP contribution is -1.96. The highest BCUT2D eigenvalue weighted by atomic mass is 14.2. The summed E-state index contributed by atoms with van der Waals surface area (Å²) in [5.74, 6) is 0. The van der Waals surface area contributed by atoms with E-state index in [9.17, 15) is 0 Å². The minimum atomic E-state index is 1.23. The third kappa shape index (κ3) is 4.70. The highest BCUT2D eigenvalue weighted by Crippen LogP contribution is 2.48. The van der Waals surface area contributed by atoms with E-state index in [1.807, 2.05) is 0 Å². The van der Waals surface area contributed by atoms with Crippen LogP contribution in [-0.2, 0) is 0 Å². The second-order valence-corrected chi connectivity index (χ2v) is 12.8. The average molecular weight is 589 g/mol. The van der Waals surface area contributed by atoms with E-state index in [-0.39, 0.29) is 0 Å². The molecular weight excluding hydrogens is 553 g/mol. The zero-order chi connectivity index (χ0) is 31.4. The van der Waals surface area contributed by atoms with Gasteiger partial charge in [0.05, 0.1) is 0 Å². The Kier molecular flexibility index (Phi) is 6.80. The molecule has 46 heavy (non-hydrogen) atoms. The largest absolute Gasteiger partial charge is 0.0622 e. The predicted octanol–water partition coefficient (Wildman–Crippen LogP) is 13.0. The van der Waals surface area contributed by atoms with Crippen molar-refractivity contribution in [2.24, 2.45) is 0 Å². The maximum Gasteiger partial charge on any atom is -0.00197 e. The topological polar surface area (TPSA) is 0 Å². The number of rotatable bonds is 4. The second-order valence-electron chi connectivity index (χ2n) is 12.8. The van der Waals surface area contributed by atoms with Gasteiger partial charge in [-0.15, -0.1) is 0 Å². The standard InChI is InChI=1S/C46H36/c1-29-23-40-42(25-31(29)3)46(44-28-38-18-12-11-17-37(38)27-39(44)35-15-9-6-10-16-35)43-26-32(4)30(2)24-41(43)45(40)36-21-19-34(20-22-36)33-13-7-5-8-14-33/h5-28H,1-4H3. The smallest absolute Gasteiger partial charge is 0.00197 e. The van der Waals surface area contributed by atoms with E-state index in [0.29, 0.717) is 0 Å². The molecule has 0 N–H and O–H groups in total. The average Bonchev–Trinajstić information content (AvgIpc) is 3.09. The molecule has 0 nitrogen and oxygen atoms in total. The van der Waals surface area contributed by atoms with E-state index >= 15 is 0 Å². The molecule has 8 aromatic carbocycles. The van der Waals surface area contributed by atoms with Crippen molar-refractivity contribution >= 4 is 32.3 Å². The first-order chi connectivity index (χ1) is 22.5. The minimum absolute atomic E-state index is 1.23. The second kappa shape index (κ2) is 11.2. The van der Waals surface area contributed by atoms with Crippen LogP contribution in [-0.4, -0.2) is 0 Å². The maximum absolute atomic E-state index is 2.43. The quantitative estimate of drug-likeness (QED) is 0.179. The minimum Gasteiger partial charge on any atom is -0.0622 e. The molecule has 0 heteroatoms. The Hall–Kier alpha value is -5.46. The summed E-state index contributed by atoms with van der Waals surface area (Å²) in [5, 5.41) is 7.71. The van der Waals surface area contributed by atoms with E-state index in [2.05, 4.69) is 173 Å². The molecule has 0 aliphatic heterocycles. The molecule has 0 atom stereocenters. The van der Waals surface area contributed by atoms with Gasteiger partial charge in [0, 0.05) is 0 Å². The van der Waals surface area contributed by atoms with E-state index in [4.69, 9.17) is 0 Å². The Morgan fingerprint density at radius 3 is 1.15 bits per heavy atom. The Balaban J connectivity index is 1.52. The van der Waals surface area contributed by atoms with Crippen molar-refractivity contribution in [2.45, 2.75) is 27.7 Å². The summed E-state index contributed by atoms with van der Waals surface area (Å²) in [6, 6.07) is 54.0. The van der Waals surface area contributed by atoms with Crippen molar-refractivity contribution in [2.75, 3.05) is 0 Å². The molecule has 0 fully saturated rings. The Morgan fingerprint density at radius 1 is 0.283 bits per heavy atom. The zero-order valence-corrected chi connectivity index (χ0v) is 26.9. The molecular formula is C46H36. The summed E-state index contributed by atoms with van der Waals surface area (Å²) >= 11 is 0. The van der Waals surface area contributed by atoms with Crippen LogP contribution in [0.5, 0.6) is 0 Å². The summed E-state index contributed by atoms with van der Waals surface area (Å²) < 4.78 is 0. The van der Waals surface area contributed by atoms with Gasteiger partial charge in [0.25, 0.3) is 0 Å². The van der Waals surface area contributed by atoms with Crippen LogP contribution in [0.3, 0.4) is 0 Å². The Morgan fingerprint density at radius 2 is 0.652 bits per heavy atom. The molecule has 0 heterocycles. The van der Waals surface area contributed by atoms with E-state index in [0.717, 1.165) is 0 Å². The molecule has 220 valence electrons. The predicted molar refractivity (Wildman–Crippen MR) is 200 cm³/mol. The monoisotopic (exact) mass is 588 g/mol. The fourth-order valence-electron chi connectivity index (χ4n) is 7.11. The first-order valence-corrected chi connectivity index (χ1v) is 16.2. The molecule has 0 saturated carbocycles. The van der Waals surface area contributed by atoms with Gasteiger partial charge < -0.3 is 0 Å². The van der Waals surface area contributed by atoms with Crippen LogP contribution in [0.25, 0.3) is 76.8 Å². The summed E-state index contributed by atoms with van der Waals surface area (Å²) in [6.45, 7) is 8.98. The van der Waals surface area contributed by atoms with Gasteiger partial charge in [0.1, 0.15) is 0 Å². The third-order valence-electron chi connectivity index (χ3n) is 9.87. The number of fused-ring (bicyclic) bond motifs is 3. The number of aryl methyl sites for hydroxylation is 4. The highest BCUT2D eigenvalue weighted by Gasteiger charge is 2.21. The Bertz CT molecular complexity index is 2340. The van der Waals surface area contributed by atoms with Gasteiger partial charge in [-0.05, 0) is 139 Å². The van der Waals surface area contributed by atoms with Crippen molar-refractivity contribution in [1.82, 2.24) is 0 Å². The van der Waals surface area contributed by atoms with Crippen LogP contribution in [0.1, 0.15) is 22.3 Å². The van der Waals surface area contributed by atoms with Crippen molar-refractivity contribution < 1.29 is 0 Å². The zero-order valence-electron chi connectivity index (χ0n) is 26.9. The molecule has 0 radical (unpaired) electrons. The van der Waals surface area contributed by atoms with E-state index in [1.165, 1.54) is 99.1 Å². The van der Waals surface area contributed by atoms with Crippen LogP contribution in [0.4, 0.5) is 0 Å². The van der Waals surface area contributed by atoms with Gasteiger partial charge in [-0.2, -0.15) is 0 Å². The maximum atomic E-state index is 2.43. The first-order valence-electron chi connectivity index (χ1n) is 16.2. The van der Waals surface area contributed by atoms with Gasteiger partial charge >= 0.3 is 0 Å². The first kappa shape index (κ1) is 28.0. The lowest BCUT2D eigenvalue weighted by atomic mass is 9.81. The van der Waals surface area contributed by atoms with Crippen LogP contribution < -0.4 is 0 Å². The summed E-state index contributed by atoms with van der Waals surface area (Å²) in [4.78, 5) is 0. The van der Waals surface area contributed by atoms with Gasteiger partial charge in [-0.1, -0.05) is 133 Å². The van der Waals surface area contributed by atoms with E-state index < -0.39 is 0 Å². The molecule has 0 aliphatic carbocycles. The molecule has 8 rings (SSSR count). The number of benzene rings is 8. The molecule has 0 bridgehead atoms. The van der Waals surface area contributed by atoms with Gasteiger partial charge in [-0.25, -0.2) is 0 Å². The van der Waals surface area contributed by atoms with Crippen molar-refractivity contribution in [3.8, 4) is 44.5 Å². The van der Waals surface area contributed by atoms with Crippen LogP contribution in [0.2, 0.25) is 0 Å². The summed E-state index contributed by atoms with van der Waals surface area (Å²) in [7, 11) is 0. The van der Waals surface area contributed by atoms with E-state index in [1.54, 1.807) is 0 Å². The normalized spacial score (nSPS) is 11.5. The van der Waals surface area contributed by atoms with Gasteiger partial charge in [0.15, 0.2) is 0 Å². The molecule has 0 spiro atoms. The summed E-state index contributed by atoms with van der Waals surface area (Å²) in [5.41, 5.74) is 15.3.